The first-order valence-corrected chi connectivity index (χ1v) is 13.7. The number of ether oxygens (including phenoxy) is 2. The number of carbonyl (C=O) groups is 3. The highest BCUT2D eigenvalue weighted by atomic mass is 35.5. The predicted molar refractivity (Wildman–Crippen MR) is 146 cm³/mol. The summed E-state index contributed by atoms with van der Waals surface area (Å²) in [5.74, 6) is -1.16. The fraction of sp³-hybridized carbons (Fsp3) is 0.292. The van der Waals surface area contributed by atoms with E-state index in [1.165, 1.54) is 0 Å². The van der Waals surface area contributed by atoms with Crippen LogP contribution in [0.2, 0.25) is 10.0 Å². The molecule has 1 N–H and O–H groups in total. The molecule has 0 aliphatic heterocycles. The minimum Gasteiger partial charge on any atom is -0.462 e. The van der Waals surface area contributed by atoms with Gasteiger partial charge in [-0.25, -0.2) is 9.59 Å². The van der Waals surface area contributed by atoms with Crippen molar-refractivity contribution in [3.63, 3.8) is 0 Å². The van der Waals surface area contributed by atoms with Gasteiger partial charge in [0.05, 0.1) is 29.6 Å². The molecule has 0 aliphatic rings. The Morgan fingerprint density at radius 1 is 1.16 bits per heavy atom. The number of thiophene rings is 1. The third-order valence-corrected chi connectivity index (χ3v) is 7.57. The summed E-state index contributed by atoms with van der Waals surface area (Å²) >= 11 is 14.5. The summed E-state index contributed by atoms with van der Waals surface area (Å²) in [5.41, 5.74) is 1.15. The third-order valence-electron chi connectivity index (χ3n) is 4.87. The first kappa shape index (κ1) is 28.7. The van der Waals surface area contributed by atoms with E-state index in [0.717, 1.165) is 23.1 Å². The summed E-state index contributed by atoms with van der Waals surface area (Å²) in [4.78, 5) is 38.0. The number of amides is 1. The molecule has 0 fully saturated rings. The van der Waals surface area contributed by atoms with Crippen molar-refractivity contribution in [2.24, 2.45) is 0 Å². The number of benzene rings is 1. The Labute approximate surface area is 232 Å². The summed E-state index contributed by atoms with van der Waals surface area (Å²) in [6, 6.07) is 5.05. The number of nitrogens with one attached hydrogen (secondary N) is 1. The van der Waals surface area contributed by atoms with E-state index in [-0.39, 0.29) is 34.4 Å². The summed E-state index contributed by atoms with van der Waals surface area (Å²) in [6.45, 7) is 9.45. The number of anilines is 1. The first-order valence-electron chi connectivity index (χ1n) is 11.1. The fourth-order valence-corrected chi connectivity index (χ4v) is 5.64. The van der Waals surface area contributed by atoms with E-state index in [1.54, 1.807) is 49.6 Å². The highest BCUT2D eigenvalue weighted by Gasteiger charge is 2.27. The number of rotatable bonds is 11. The maximum absolute atomic E-state index is 12.9. The average Bonchev–Trinajstić information content (AvgIpc) is 3.38. The van der Waals surface area contributed by atoms with Gasteiger partial charge >= 0.3 is 11.9 Å². The molecule has 3 rings (SSSR count). The zero-order chi connectivity index (χ0) is 27.1. The van der Waals surface area contributed by atoms with Gasteiger partial charge in [-0.15, -0.1) is 28.1 Å². The van der Waals surface area contributed by atoms with Gasteiger partial charge in [0.2, 0.25) is 5.91 Å². The molecule has 0 spiro atoms. The monoisotopic (exact) mass is 582 g/mol. The molecule has 0 aliphatic carbocycles. The van der Waals surface area contributed by atoms with Gasteiger partial charge < -0.3 is 14.8 Å². The Morgan fingerprint density at radius 2 is 1.86 bits per heavy atom. The minimum absolute atomic E-state index is 0.0441. The topological polar surface area (TPSA) is 112 Å². The van der Waals surface area contributed by atoms with Crippen molar-refractivity contribution in [1.29, 1.82) is 0 Å². The third kappa shape index (κ3) is 6.72. The van der Waals surface area contributed by atoms with Crippen molar-refractivity contribution in [1.82, 2.24) is 14.8 Å². The number of esters is 2. The molecule has 2 heterocycles. The molecule has 0 bridgehead atoms. The molecule has 1 amide bonds. The number of hydrogen-bond donors (Lipinski definition) is 1. The van der Waals surface area contributed by atoms with Gasteiger partial charge in [-0.1, -0.05) is 41.0 Å². The molecule has 0 saturated heterocycles. The minimum atomic E-state index is -0.634. The van der Waals surface area contributed by atoms with Crippen LogP contribution in [0.5, 0.6) is 0 Å². The van der Waals surface area contributed by atoms with Crippen LogP contribution in [0, 0.1) is 6.92 Å². The Hall–Kier alpha value is -2.86. The van der Waals surface area contributed by atoms with Crippen LogP contribution >= 0.6 is 46.3 Å². The van der Waals surface area contributed by atoms with E-state index in [2.05, 4.69) is 22.1 Å². The Balaban J connectivity index is 1.82. The fourth-order valence-electron chi connectivity index (χ4n) is 3.29. The van der Waals surface area contributed by atoms with Gasteiger partial charge in [-0.05, 0) is 44.5 Å². The number of nitrogens with zero attached hydrogens (tertiary/aromatic N) is 3. The van der Waals surface area contributed by atoms with E-state index < -0.39 is 17.8 Å². The van der Waals surface area contributed by atoms with Crippen molar-refractivity contribution >= 4 is 69.1 Å². The van der Waals surface area contributed by atoms with Crippen molar-refractivity contribution < 1.29 is 23.9 Å². The number of allylic oxidation sites excluding steroid dienone is 1. The van der Waals surface area contributed by atoms with Gasteiger partial charge in [-0.2, -0.15) is 0 Å². The van der Waals surface area contributed by atoms with Gasteiger partial charge in [0.25, 0.3) is 0 Å². The van der Waals surface area contributed by atoms with Crippen LogP contribution in [-0.4, -0.2) is 51.6 Å². The molecule has 0 unspecified atom stereocenters. The lowest BCUT2D eigenvalue weighted by molar-refractivity contribution is -0.113. The van der Waals surface area contributed by atoms with E-state index >= 15 is 0 Å². The summed E-state index contributed by atoms with van der Waals surface area (Å²) < 4.78 is 12.0. The zero-order valence-electron chi connectivity index (χ0n) is 20.3. The van der Waals surface area contributed by atoms with Crippen molar-refractivity contribution in [2.75, 3.05) is 24.3 Å². The number of thioether (sulfide) groups is 1. The van der Waals surface area contributed by atoms with Crippen molar-refractivity contribution in [2.45, 2.75) is 32.5 Å². The molecule has 2 aromatic heterocycles. The van der Waals surface area contributed by atoms with Crippen LogP contribution in [0.3, 0.4) is 0 Å². The van der Waals surface area contributed by atoms with Gasteiger partial charge in [0, 0.05) is 17.1 Å². The molecule has 9 nitrogen and oxygen atoms in total. The van der Waals surface area contributed by atoms with Crippen LogP contribution < -0.4 is 5.32 Å². The lowest BCUT2D eigenvalue weighted by atomic mass is 10.1. The summed E-state index contributed by atoms with van der Waals surface area (Å²) in [5, 5.41) is 12.8. The number of halogens is 2. The molecule has 13 heteroatoms. The van der Waals surface area contributed by atoms with Gasteiger partial charge in [0.15, 0.2) is 11.0 Å². The second-order valence-corrected chi connectivity index (χ2v) is 10.2. The lowest BCUT2D eigenvalue weighted by Gasteiger charge is -2.09. The number of aromatic nitrogens is 3. The molecule has 1 aromatic carbocycles. The lowest BCUT2D eigenvalue weighted by Crippen LogP contribution is -2.17. The molecule has 3 aromatic rings. The first-order chi connectivity index (χ1) is 17.7. The number of carbonyl (C=O) groups excluding carboxylic acids is 3. The second kappa shape index (κ2) is 13.1. The smallest absolute Gasteiger partial charge is 0.348 e. The van der Waals surface area contributed by atoms with Crippen LogP contribution in [0.25, 0.3) is 11.4 Å². The molecule has 37 heavy (non-hydrogen) atoms. The van der Waals surface area contributed by atoms with Crippen LogP contribution in [0.4, 0.5) is 5.00 Å². The van der Waals surface area contributed by atoms with Gasteiger partial charge in [0.1, 0.15) is 9.88 Å². The van der Waals surface area contributed by atoms with E-state index in [0.29, 0.717) is 38.7 Å². The van der Waals surface area contributed by atoms with E-state index in [9.17, 15) is 14.4 Å². The van der Waals surface area contributed by atoms with Crippen LogP contribution in [-0.2, 0) is 20.8 Å². The largest absolute Gasteiger partial charge is 0.462 e. The Bertz CT molecular complexity index is 1340. The van der Waals surface area contributed by atoms with E-state index in [1.807, 2.05) is 0 Å². The van der Waals surface area contributed by atoms with Crippen LogP contribution in [0.15, 0.2) is 36.0 Å². The zero-order valence-corrected chi connectivity index (χ0v) is 23.4. The van der Waals surface area contributed by atoms with E-state index in [4.69, 9.17) is 32.7 Å². The molecular formula is C24H24Cl2N4O5S2. The number of hydrogen-bond acceptors (Lipinski definition) is 9. The molecule has 0 atom stereocenters. The van der Waals surface area contributed by atoms with Crippen molar-refractivity contribution in [3.05, 3.63) is 56.9 Å². The Morgan fingerprint density at radius 3 is 2.51 bits per heavy atom. The normalized spacial score (nSPS) is 10.7. The second-order valence-electron chi connectivity index (χ2n) is 7.37. The summed E-state index contributed by atoms with van der Waals surface area (Å²) in [6.07, 6.45) is 1.68. The SMILES string of the molecule is C=CCn1c(SCC(=O)Nc2sc(C(=O)OCC)c(C)c2C(=O)OCC)nnc1-c1ccc(Cl)cc1Cl. The maximum atomic E-state index is 12.9. The molecule has 0 saturated carbocycles. The predicted octanol–water partition coefficient (Wildman–Crippen LogP) is 5.89. The Kier molecular flexibility index (Phi) is 10.2. The highest BCUT2D eigenvalue weighted by Crippen LogP contribution is 2.35. The summed E-state index contributed by atoms with van der Waals surface area (Å²) in [7, 11) is 0. The van der Waals surface area contributed by atoms with Gasteiger partial charge in [-0.3, -0.25) is 9.36 Å². The standard InChI is InChI=1S/C24H24Cl2N4O5S2/c1-5-10-30-20(15-9-8-14(25)11-16(15)26)28-29-24(30)36-12-17(31)27-21-18(22(32)34-6-2)13(4)19(37-21)23(33)35-7-3/h5,8-9,11H,1,6-7,10,12H2,2-4H3,(H,27,31). The quantitative estimate of drug-likeness (QED) is 0.169. The maximum Gasteiger partial charge on any atom is 0.348 e. The average molecular weight is 584 g/mol. The molecule has 0 radical (unpaired) electrons. The molecular weight excluding hydrogens is 559 g/mol. The van der Waals surface area contributed by atoms with Crippen LogP contribution in [0.1, 0.15) is 39.4 Å². The molecule has 196 valence electrons. The van der Waals surface area contributed by atoms with Crippen molar-refractivity contribution in [3.8, 4) is 11.4 Å². The highest BCUT2D eigenvalue weighted by molar-refractivity contribution is 7.99.